The summed E-state index contributed by atoms with van der Waals surface area (Å²) in [5, 5.41) is 20.5. The van der Waals surface area contributed by atoms with Gasteiger partial charge < -0.3 is 14.9 Å². The molecule has 0 saturated heterocycles. The molecule has 0 radical (unpaired) electrons. The van der Waals surface area contributed by atoms with E-state index < -0.39 is 0 Å². The number of carbonyl (C=O) groups excluding carboxylic acids is 1. The van der Waals surface area contributed by atoms with Crippen LogP contribution >= 0.6 is 0 Å². The third-order valence-electron chi connectivity index (χ3n) is 5.77. The lowest BCUT2D eigenvalue weighted by molar-refractivity contribution is -0.114. The van der Waals surface area contributed by atoms with Crippen LogP contribution in [-0.4, -0.2) is 29.2 Å². The number of hydrogen-bond acceptors (Lipinski definition) is 4. The second kappa shape index (κ2) is 13.9. The maximum atomic E-state index is 12.4. The minimum absolute atomic E-state index is 0.0962. The van der Waals surface area contributed by atoms with Crippen LogP contribution in [0.15, 0.2) is 47.1 Å². The Kier molecular flexibility index (Phi) is 12.1. The number of ketones is 1. The van der Waals surface area contributed by atoms with Crippen molar-refractivity contribution in [1.29, 1.82) is 0 Å². The van der Waals surface area contributed by atoms with Gasteiger partial charge in [0.15, 0.2) is 5.78 Å². The molecule has 0 bridgehead atoms. The molecule has 0 heterocycles. The van der Waals surface area contributed by atoms with Gasteiger partial charge in [0, 0.05) is 12.0 Å². The lowest BCUT2D eigenvalue weighted by atomic mass is 9.94. The number of phenols is 1. The normalized spacial score (nSPS) is 14.1. The second-order valence-corrected chi connectivity index (χ2v) is 9.29. The number of ether oxygens (including phenoxy) is 1. The number of allylic oxidation sites excluding steroid dienone is 5. The fraction of sp³-hybridized carbons (Fsp3) is 0.536. The fourth-order valence-electron chi connectivity index (χ4n) is 3.60. The molecule has 2 N–H and O–H groups in total. The zero-order chi connectivity index (χ0) is 24.3. The summed E-state index contributed by atoms with van der Waals surface area (Å²) < 4.78 is 5.28. The first-order valence-corrected chi connectivity index (χ1v) is 11.6. The van der Waals surface area contributed by atoms with Crippen molar-refractivity contribution in [2.75, 3.05) is 7.11 Å². The van der Waals surface area contributed by atoms with E-state index in [4.69, 9.17) is 4.74 Å². The van der Waals surface area contributed by atoms with E-state index in [0.29, 0.717) is 19.3 Å². The zero-order valence-electron chi connectivity index (χ0n) is 21.0. The van der Waals surface area contributed by atoms with Crippen molar-refractivity contribution in [3.63, 3.8) is 0 Å². The molecule has 0 aliphatic rings. The lowest BCUT2D eigenvalue weighted by Gasteiger charge is -2.17. The van der Waals surface area contributed by atoms with E-state index in [1.807, 2.05) is 46.8 Å². The number of carbonyl (C=O) groups is 1. The van der Waals surface area contributed by atoms with Gasteiger partial charge in [-0.2, -0.15) is 0 Å². The van der Waals surface area contributed by atoms with Gasteiger partial charge in [-0.1, -0.05) is 35.8 Å². The van der Waals surface area contributed by atoms with Crippen LogP contribution in [-0.2, 0) is 11.2 Å². The first-order valence-electron chi connectivity index (χ1n) is 11.6. The number of aliphatic hydroxyl groups is 1. The first-order chi connectivity index (χ1) is 15.0. The molecule has 4 nitrogen and oxygen atoms in total. The summed E-state index contributed by atoms with van der Waals surface area (Å²) in [6.45, 7) is 12.0. The van der Waals surface area contributed by atoms with Gasteiger partial charge in [-0.25, -0.2) is 0 Å². The average Bonchev–Trinajstić information content (AvgIpc) is 2.72. The summed E-state index contributed by atoms with van der Waals surface area (Å²) in [5.74, 6) is 1.33. The summed E-state index contributed by atoms with van der Waals surface area (Å²) in [5.41, 5.74) is 4.86. The largest absolute Gasteiger partial charge is 0.507 e. The molecule has 4 heteroatoms. The van der Waals surface area contributed by atoms with E-state index in [2.05, 4.69) is 13.0 Å². The van der Waals surface area contributed by atoms with Gasteiger partial charge in [-0.3, -0.25) is 4.79 Å². The van der Waals surface area contributed by atoms with Crippen molar-refractivity contribution in [3.05, 3.63) is 58.2 Å². The van der Waals surface area contributed by atoms with Crippen LogP contribution in [0.1, 0.15) is 77.8 Å². The van der Waals surface area contributed by atoms with Gasteiger partial charge in [0.25, 0.3) is 0 Å². The average molecular weight is 443 g/mol. The maximum absolute atomic E-state index is 12.4. The minimum Gasteiger partial charge on any atom is -0.507 e. The second-order valence-electron chi connectivity index (χ2n) is 9.29. The van der Waals surface area contributed by atoms with Crippen molar-refractivity contribution in [2.24, 2.45) is 5.92 Å². The quantitative estimate of drug-likeness (QED) is 0.266. The van der Waals surface area contributed by atoms with E-state index in [-0.39, 0.29) is 23.6 Å². The predicted molar refractivity (Wildman–Crippen MR) is 133 cm³/mol. The van der Waals surface area contributed by atoms with E-state index in [9.17, 15) is 15.0 Å². The van der Waals surface area contributed by atoms with Gasteiger partial charge >= 0.3 is 0 Å². The maximum Gasteiger partial charge on any atom is 0.159 e. The van der Waals surface area contributed by atoms with Crippen LogP contribution in [0.4, 0.5) is 0 Å². The zero-order valence-corrected chi connectivity index (χ0v) is 21.0. The monoisotopic (exact) mass is 442 g/mol. The molecule has 1 rings (SSSR count). The van der Waals surface area contributed by atoms with Crippen LogP contribution in [0.2, 0.25) is 0 Å². The van der Waals surface area contributed by atoms with E-state index in [1.165, 1.54) is 5.57 Å². The summed E-state index contributed by atoms with van der Waals surface area (Å²) in [4.78, 5) is 12.4. The van der Waals surface area contributed by atoms with Gasteiger partial charge in [0.1, 0.15) is 11.5 Å². The van der Waals surface area contributed by atoms with E-state index in [1.54, 1.807) is 19.3 Å². The number of aliphatic hydroxyl groups excluding tert-OH is 1. The number of rotatable bonds is 13. The highest BCUT2D eigenvalue weighted by atomic mass is 16.5. The minimum atomic E-state index is -0.309. The predicted octanol–water partition coefficient (Wildman–Crippen LogP) is 6.63. The molecule has 2 atom stereocenters. The third kappa shape index (κ3) is 10.3. The topological polar surface area (TPSA) is 66.8 Å². The summed E-state index contributed by atoms with van der Waals surface area (Å²) in [6.07, 6.45) is 9.91. The molecule has 1 aromatic rings. The van der Waals surface area contributed by atoms with Crippen molar-refractivity contribution in [1.82, 2.24) is 0 Å². The highest BCUT2D eigenvalue weighted by Crippen LogP contribution is 2.28. The highest BCUT2D eigenvalue weighted by Gasteiger charge is 2.13. The molecule has 0 fully saturated rings. The van der Waals surface area contributed by atoms with Crippen LogP contribution in [0.5, 0.6) is 11.5 Å². The third-order valence-corrected chi connectivity index (χ3v) is 5.77. The molecule has 32 heavy (non-hydrogen) atoms. The molecule has 0 aromatic heterocycles. The number of aromatic hydroxyl groups is 1. The molecule has 0 aliphatic heterocycles. The van der Waals surface area contributed by atoms with Crippen molar-refractivity contribution >= 4 is 5.78 Å². The van der Waals surface area contributed by atoms with Crippen LogP contribution in [0.25, 0.3) is 0 Å². The smallest absolute Gasteiger partial charge is 0.159 e. The van der Waals surface area contributed by atoms with E-state index >= 15 is 0 Å². The molecule has 0 aliphatic carbocycles. The van der Waals surface area contributed by atoms with Gasteiger partial charge in [-0.15, -0.1) is 0 Å². The number of hydrogen-bond donors (Lipinski definition) is 2. The summed E-state index contributed by atoms with van der Waals surface area (Å²) in [7, 11) is 1.61. The SMILES string of the molecule is COc1cc(C)c(O)c(C/C=C(\C)CC(=O)/C=C(\C)CCC[C@@H](C)[C@H](O)CC=C(C)C)c1. The molecular formula is C28H42O4. The van der Waals surface area contributed by atoms with Crippen molar-refractivity contribution in [2.45, 2.75) is 86.2 Å². The molecule has 178 valence electrons. The molecule has 0 unspecified atom stereocenters. The molecule has 0 saturated carbocycles. The molecule has 0 amide bonds. The van der Waals surface area contributed by atoms with Crippen LogP contribution < -0.4 is 4.74 Å². The standard InChI is InChI=1S/C28H42O4/c1-19(2)11-14-27(30)22(5)10-8-9-20(3)15-25(29)16-21(4)12-13-24-18-26(32-7)17-23(6)28(24)31/h11-12,15,17-18,22,27,30-31H,8-10,13-14,16H2,1-7H3/b20-15+,21-12+/t22-,27-/m1/s1. The van der Waals surface area contributed by atoms with Gasteiger partial charge in [0.05, 0.1) is 13.2 Å². The summed E-state index contributed by atoms with van der Waals surface area (Å²) in [6, 6.07) is 3.63. The fourth-order valence-corrected chi connectivity index (χ4v) is 3.60. The Morgan fingerprint density at radius 1 is 1.12 bits per heavy atom. The number of methoxy groups -OCH3 is 1. The Morgan fingerprint density at radius 2 is 1.81 bits per heavy atom. The number of benzene rings is 1. The van der Waals surface area contributed by atoms with Gasteiger partial charge in [-0.05, 0) is 96.4 Å². The Morgan fingerprint density at radius 3 is 2.44 bits per heavy atom. The van der Waals surface area contributed by atoms with Crippen molar-refractivity contribution < 1.29 is 19.7 Å². The highest BCUT2D eigenvalue weighted by molar-refractivity contribution is 5.91. The number of phenolic OH excluding ortho intramolecular Hbond substituents is 1. The Bertz CT molecular complexity index is 841. The Labute approximate surface area is 194 Å². The Balaban J connectivity index is 2.52. The van der Waals surface area contributed by atoms with Crippen LogP contribution in [0.3, 0.4) is 0 Å². The van der Waals surface area contributed by atoms with Gasteiger partial charge in [0.2, 0.25) is 0 Å². The van der Waals surface area contributed by atoms with Crippen LogP contribution in [0, 0.1) is 12.8 Å². The van der Waals surface area contributed by atoms with Crippen molar-refractivity contribution in [3.8, 4) is 11.5 Å². The first kappa shape index (κ1) is 27.7. The molecule has 1 aromatic carbocycles. The number of aryl methyl sites for hydroxylation is 1. The lowest BCUT2D eigenvalue weighted by Crippen LogP contribution is -2.16. The molecule has 0 spiro atoms. The molecular weight excluding hydrogens is 400 g/mol. The Hall–Kier alpha value is -2.33. The van der Waals surface area contributed by atoms with E-state index in [0.717, 1.165) is 47.3 Å². The summed E-state index contributed by atoms with van der Waals surface area (Å²) >= 11 is 0.